The third-order valence-electron chi connectivity index (χ3n) is 3.37. The molecule has 0 atom stereocenters. The first-order valence-corrected chi connectivity index (χ1v) is 6.88. The van der Waals surface area contributed by atoms with Crippen molar-refractivity contribution in [2.24, 2.45) is 5.73 Å². The van der Waals surface area contributed by atoms with Crippen molar-refractivity contribution in [3.63, 3.8) is 0 Å². The molecule has 2 aliphatic rings. The maximum absolute atomic E-state index is 6.03. The van der Waals surface area contributed by atoms with Crippen molar-refractivity contribution < 1.29 is 9.47 Å². The Bertz CT molecular complexity index is 451. The van der Waals surface area contributed by atoms with E-state index in [0.717, 1.165) is 25.9 Å². The Hall–Kier alpha value is -0.820. The standard InChI is InChI=1S/C12H17ClN4O2.ClH/c13-10-7-11(19-9-5-8(14)6-9)16-12(15-10)17-1-3-18-4-2-17;/h7-9H,1-6,14H2;1H/t8-,9-;. The lowest BCUT2D eigenvalue weighted by Crippen LogP contribution is -2.43. The number of nitrogens with two attached hydrogens (primary N) is 1. The summed E-state index contributed by atoms with van der Waals surface area (Å²) in [5.41, 5.74) is 5.74. The minimum absolute atomic E-state index is 0. The van der Waals surface area contributed by atoms with E-state index >= 15 is 0 Å². The molecule has 6 nitrogen and oxygen atoms in total. The number of hydrogen-bond donors (Lipinski definition) is 1. The molecule has 3 rings (SSSR count). The second-order valence-electron chi connectivity index (χ2n) is 4.90. The predicted molar refractivity (Wildman–Crippen MR) is 78.9 cm³/mol. The number of hydrogen-bond acceptors (Lipinski definition) is 6. The molecule has 0 aromatic carbocycles. The van der Waals surface area contributed by atoms with Gasteiger partial charge in [-0.05, 0) is 12.8 Å². The molecular formula is C12H18Cl2N4O2. The SMILES string of the molecule is Cl.N[C@H]1C[C@H](Oc2cc(Cl)nc(N3CCOCC3)n2)C1. The highest BCUT2D eigenvalue weighted by molar-refractivity contribution is 6.29. The summed E-state index contributed by atoms with van der Waals surface area (Å²) in [6.45, 7) is 2.91. The zero-order valence-electron chi connectivity index (χ0n) is 11.0. The highest BCUT2D eigenvalue weighted by Gasteiger charge is 2.28. The molecule has 0 radical (unpaired) electrons. The fraction of sp³-hybridized carbons (Fsp3) is 0.667. The number of anilines is 1. The molecule has 0 unspecified atom stereocenters. The summed E-state index contributed by atoms with van der Waals surface area (Å²) in [6.07, 6.45) is 1.89. The largest absolute Gasteiger partial charge is 0.474 e. The molecule has 0 bridgehead atoms. The van der Waals surface area contributed by atoms with E-state index in [2.05, 4.69) is 14.9 Å². The molecule has 1 saturated heterocycles. The van der Waals surface area contributed by atoms with E-state index in [0.29, 0.717) is 30.2 Å². The monoisotopic (exact) mass is 320 g/mol. The number of halogens is 2. The summed E-state index contributed by atoms with van der Waals surface area (Å²) in [4.78, 5) is 10.7. The van der Waals surface area contributed by atoms with Gasteiger partial charge in [-0.1, -0.05) is 11.6 Å². The van der Waals surface area contributed by atoms with Gasteiger partial charge in [0.15, 0.2) is 0 Å². The Balaban J connectivity index is 0.00000147. The number of nitrogens with zero attached hydrogens (tertiary/aromatic N) is 3. The van der Waals surface area contributed by atoms with Crippen molar-refractivity contribution in [3.05, 3.63) is 11.2 Å². The molecule has 8 heteroatoms. The van der Waals surface area contributed by atoms with Crippen LogP contribution in [0.3, 0.4) is 0 Å². The fourth-order valence-electron chi connectivity index (χ4n) is 2.22. The fourth-order valence-corrected chi connectivity index (χ4v) is 2.39. The molecule has 2 heterocycles. The molecule has 1 aliphatic heterocycles. The van der Waals surface area contributed by atoms with E-state index in [1.54, 1.807) is 6.07 Å². The van der Waals surface area contributed by atoms with Crippen LogP contribution in [0.2, 0.25) is 5.15 Å². The Morgan fingerprint density at radius 2 is 2.00 bits per heavy atom. The van der Waals surface area contributed by atoms with Crippen LogP contribution in [0.25, 0.3) is 0 Å². The van der Waals surface area contributed by atoms with Gasteiger partial charge in [-0.3, -0.25) is 0 Å². The molecular weight excluding hydrogens is 303 g/mol. The van der Waals surface area contributed by atoms with E-state index in [4.69, 9.17) is 26.8 Å². The third kappa shape index (κ3) is 3.63. The van der Waals surface area contributed by atoms with E-state index < -0.39 is 0 Å². The summed E-state index contributed by atoms with van der Waals surface area (Å²) >= 11 is 6.03. The Labute approximate surface area is 129 Å². The zero-order chi connectivity index (χ0) is 13.2. The second-order valence-corrected chi connectivity index (χ2v) is 5.29. The minimum Gasteiger partial charge on any atom is -0.474 e. The summed E-state index contributed by atoms with van der Waals surface area (Å²) in [5, 5.41) is 0.398. The molecule has 1 aromatic heterocycles. The average Bonchev–Trinajstić information content (AvgIpc) is 2.37. The summed E-state index contributed by atoms with van der Waals surface area (Å²) in [6, 6.07) is 1.90. The first kappa shape index (κ1) is 15.6. The van der Waals surface area contributed by atoms with E-state index in [1.807, 2.05) is 0 Å². The van der Waals surface area contributed by atoms with E-state index in [1.165, 1.54) is 0 Å². The maximum Gasteiger partial charge on any atom is 0.230 e. The van der Waals surface area contributed by atoms with Crippen LogP contribution in [0.15, 0.2) is 6.07 Å². The highest BCUT2D eigenvalue weighted by Crippen LogP contribution is 2.26. The molecule has 2 N–H and O–H groups in total. The number of ether oxygens (including phenoxy) is 2. The lowest BCUT2D eigenvalue weighted by atomic mass is 9.90. The second kappa shape index (κ2) is 6.76. The smallest absolute Gasteiger partial charge is 0.230 e. The van der Waals surface area contributed by atoms with Crippen LogP contribution in [0.4, 0.5) is 5.95 Å². The van der Waals surface area contributed by atoms with Crippen molar-refractivity contribution in [2.45, 2.75) is 25.0 Å². The van der Waals surface area contributed by atoms with Gasteiger partial charge in [0.1, 0.15) is 11.3 Å². The van der Waals surface area contributed by atoms with Crippen LogP contribution in [0, 0.1) is 0 Å². The van der Waals surface area contributed by atoms with Crippen molar-refractivity contribution >= 4 is 30.0 Å². The first-order valence-electron chi connectivity index (χ1n) is 6.50. The lowest BCUT2D eigenvalue weighted by Gasteiger charge is -2.32. The molecule has 0 spiro atoms. The van der Waals surface area contributed by atoms with Crippen LogP contribution >= 0.6 is 24.0 Å². The Morgan fingerprint density at radius 1 is 1.30 bits per heavy atom. The van der Waals surface area contributed by atoms with Gasteiger partial charge in [0, 0.05) is 25.2 Å². The van der Waals surface area contributed by atoms with Gasteiger partial charge in [0.2, 0.25) is 11.8 Å². The summed E-state index contributed by atoms with van der Waals surface area (Å²) in [7, 11) is 0. The first-order chi connectivity index (χ1) is 9.20. The van der Waals surface area contributed by atoms with Crippen molar-refractivity contribution in [1.29, 1.82) is 0 Å². The van der Waals surface area contributed by atoms with Gasteiger partial charge in [0.25, 0.3) is 0 Å². The van der Waals surface area contributed by atoms with Crippen LogP contribution in [0.5, 0.6) is 5.88 Å². The van der Waals surface area contributed by atoms with Crippen molar-refractivity contribution in [1.82, 2.24) is 9.97 Å². The molecule has 2 fully saturated rings. The molecule has 112 valence electrons. The molecule has 1 aromatic rings. The minimum atomic E-state index is 0. The van der Waals surface area contributed by atoms with Gasteiger partial charge in [-0.25, -0.2) is 4.98 Å². The third-order valence-corrected chi connectivity index (χ3v) is 3.57. The van der Waals surface area contributed by atoms with E-state index in [9.17, 15) is 0 Å². The molecule has 20 heavy (non-hydrogen) atoms. The number of rotatable bonds is 3. The topological polar surface area (TPSA) is 73.5 Å². The Kier molecular flexibility index (Phi) is 5.26. The quantitative estimate of drug-likeness (QED) is 0.845. The van der Waals surface area contributed by atoms with Crippen LogP contribution < -0.4 is 15.4 Å². The van der Waals surface area contributed by atoms with Gasteiger partial charge in [0.05, 0.1) is 13.2 Å². The summed E-state index contributed by atoms with van der Waals surface area (Å²) < 4.78 is 11.1. The molecule has 0 amide bonds. The van der Waals surface area contributed by atoms with E-state index in [-0.39, 0.29) is 24.6 Å². The van der Waals surface area contributed by atoms with Crippen molar-refractivity contribution in [3.8, 4) is 5.88 Å². The highest BCUT2D eigenvalue weighted by atomic mass is 35.5. The molecule has 1 aliphatic carbocycles. The van der Waals surface area contributed by atoms with Crippen LogP contribution in [-0.2, 0) is 4.74 Å². The average molecular weight is 321 g/mol. The van der Waals surface area contributed by atoms with Gasteiger partial charge in [-0.2, -0.15) is 4.98 Å². The summed E-state index contributed by atoms with van der Waals surface area (Å²) in [5.74, 6) is 1.13. The van der Waals surface area contributed by atoms with Crippen LogP contribution in [-0.4, -0.2) is 48.4 Å². The van der Waals surface area contributed by atoms with Gasteiger partial charge < -0.3 is 20.1 Å². The van der Waals surface area contributed by atoms with Crippen molar-refractivity contribution in [2.75, 3.05) is 31.2 Å². The maximum atomic E-state index is 6.03. The van der Waals surface area contributed by atoms with Gasteiger partial charge in [-0.15, -0.1) is 12.4 Å². The predicted octanol–water partition coefficient (Wildman–Crippen LogP) is 1.26. The van der Waals surface area contributed by atoms with Gasteiger partial charge >= 0.3 is 0 Å². The Morgan fingerprint density at radius 3 is 2.65 bits per heavy atom. The normalized spacial score (nSPS) is 25.6. The zero-order valence-corrected chi connectivity index (χ0v) is 12.6. The lowest BCUT2D eigenvalue weighted by molar-refractivity contribution is 0.0953. The van der Waals surface area contributed by atoms with Crippen LogP contribution in [0.1, 0.15) is 12.8 Å². The molecule has 1 saturated carbocycles. The number of morpholine rings is 1. The number of aromatic nitrogens is 2.